The zero-order chi connectivity index (χ0) is 25.2. The van der Waals surface area contributed by atoms with Gasteiger partial charge in [-0.2, -0.15) is 0 Å². The predicted molar refractivity (Wildman–Crippen MR) is 135 cm³/mol. The number of hydrogen-bond acceptors (Lipinski definition) is 3. The lowest BCUT2D eigenvalue weighted by atomic mass is 9.46. The molecule has 35 heavy (non-hydrogen) atoms. The van der Waals surface area contributed by atoms with Crippen LogP contribution in [0.5, 0.6) is 0 Å². The zero-order valence-corrected chi connectivity index (χ0v) is 21.3. The van der Waals surface area contributed by atoms with Gasteiger partial charge in [0.25, 0.3) is 0 Å². The van der Waals surface area contributed by atoms with Crippen LogP contribution in [-0.4, -0.2) is 33.2 Å². The van der Waals surface area contributed by atoms with Crippen molar-refractivity contribution in [2.75, 3.05) is 0 Å². The number of benzene rings is 1. The first-order chi connectivity index (χ1) is 16.6. The largest absolute Gasteiger partial charge is 0.465 e. The summed E-state index contributed by atoms with van der Waals surface area (Å²) in [4.78, 5) is 40.1. The summed E-state index contributed by atoms with van der Waals surface area (Å²) >= 11 is 0. The van der Waals surface area contributed by atoms with Crippen molar-refractivity contribution in [2.24, 2.45) is 28.6 Å². The van der Waals surface area contributed by atoms with Crippen LogP contribution in [0.1, 0.15) is 77.8 Å². The van der Waals surface area contributed by atoms with Gasteiger partial charge in [-0.25, -0.2) is 4.79 Å². The fourth-order valence-electron chi connectivity index (χ4n) is 8.89. The normalized spacial score (nSPS) is 38.7. The van der Waals surface area contributed by atoms with Gasteiger partial charge in [-0.3, -0.25) is 14.5 Å². The molecule has 0 saturated heterocycles. The van der Waals surface area contributed by atoms with Gasteiger partial charge >= 0.3 is 6.09 Å². The Kier molecular flexibility index (Phi) is 5.61. The minimum atomic E-state index is -0.863. The smallest absolute Gasteiger partial charge is 0.408 e. The lowest BCUT2D eigenvalue weighted by Gasteiger charge is -2.60. The molecule has 1 N–H and O–H groups in total. The summed E-state index contributed by atoms with van der Waals surface area (Å²) in [6.45, 7) is 8.57. The Balaban J connectivity index is 1.55. The number of nitrogens with zero attached hydrogens (tertiary/aromatic N) is 1. The molecule has 5 heteroatoms. The number of hydrogen-bond donors (Lipinski definition) is 1. The van der Waals surface area contributed by atoms with Crippen LogP contribution in [0.2, 0.25) is 0 Å². The highest BCUT2D eigenvalue weighted by molar-refractivity contribution is 6.10. The minimum absolute atomic E-state index is 0.0946. The van der Waals surface area contributed by atoms with Crippen molar-refractivity contribution in [3.05, 3.63) is 59.7 Å². The third-order valence-corrected chi connectivity index (χ3v) is 10.6. The first-order valence-electron chi connectivity index (χ1n) is 13.1. The summed E-state index contributed by atoms with van der Waals surface area (Å²) < 4.78 is 0. The van der Waals surface area contributed by atoms with Crippen LogP contribution in [0.4, 0.5) is 4.79 Å². The highest BCUT2D eigenvalue weighted by Gasteiger charge is 2.67. The van der Waals surface area contributed by atoms with E-state index in [2.05, 4.69) is 20.8 Å². The maximum Gasteiger partial charge on any atom is 0.408 e. The molecule has 0 radical (unpaired) electrons. The quantitative estimate of drug-likeness (QED) is 0.550. The highest BCUT2D eigenvalue weighted by atomic mass is 16.4. The second-order valence-electron chi connectivity index (χ2n) is 11.7. The maximum atomic E-state index is 13.3. The van der Waals surface area contributed by atoms with Gasteiger partial charge in [0.2, 0.25) is 0 Å². The van der Waals surface area contributed by atoms with Crippen molar-refractivity contribution >= 4 is 17.7 Å². The van der Waals surface area contributed by atoms with E-state index >= 15 is 0 Å². The average Bonchev–Trinajstić information content (AvgIpc) is 3.14. The number of rotatable bonds is 4. The molecule has 0 aromatic heterocycles. The van der Waals surface area contributed by atoms with Gasteiger partial charge in [0.1, 0.15) is 0 Å². The van der Waals surface area contributed by atoms with E-state index in [1.165, 1.54) is 0 Å². The van der Waals surface area contributed by atoms with Gasteiger partial charge < -0.3 is 5.11 Å². The van der Waals surface area contributed by atoms with Gasteiger partial charge in [0, 0.05) is 17.4 Å². The molecule has 0 spiro atoms. The molecule has 4 aliphatic carbocycles. The van der Waals surface area contributed by atoms with Crippen molar-refractivity contribution in [1.82, 2.24) is 4.90 Å². The van der Waals surface area contributed by atoms with Crippen LogP contribution in [-0.2, 0) is 9.59 Å². The molecule has 4 aliphatic rings. The van der Waals surface area contributed by atoms with Crippen LogP contribution in [0.25, 0.3) is 0 Å². The fraction of sp³-hybridized carbons (Fsp3) is 0.567. The van der Waals surface area contributed by atoms with E-state index in [0.29, 0.717) is 17.9 Å². The number of amides is 1. The molecule has 1 aromatic carbocycles. The van der Waals surface area contributed by atoms with Gasteiger partial charge in [-0.05, 0) is 79.9 Å². The molecule has 0 heterocycles. The molecule has 3 unspecified atom stereocenters. The van der Waals surface area contributed by atoms with Crippen molar-refractivity contribution in [2.45, 2.75) is 77.8 Å². The topological polar surface area (TPSA) is 74.7 Å². The van der Waals surface area contributed by atoms with Crippen molar-refractivity contribution in [1.29, 1.82) is 0 Å². The standard InChI is InChI=1S/C30H37NO4/c1-5-30(31(27(34)35)19(2)20-9-7-6-8-10-20)16-13-24-22-18-26(33)25-17-21(32)11-14-28(25,3)23(22)12-15-29(24,30)4/h6-11,14,17,19,22-24H,5,12-13,15-16,18H2,1-4H3,(H,34,35)/t19-,22?,23?,24?,28+,29-,30-/m0/s1. The first-order valence-corrected chi connectivity index (χ1v) is 13.1. The second kappa shape index (κ2) is 8.18. The molecule has 3 fully saturated rings. The molecule has 7 atom stereocenters. The minimum Gasteiger partial charge on any atom is -0.465 e. The van der Waals surface area contributed by atoms with Crippen molar-refractivity contribution < 1.29 is 19.5 Å². The number of allylic oxidation sites excluding steroid dienone is 4. The van der Waals surface area contributed by atoms with Crippen LogP contribution >= 0.6 is 0 Å². The fourth-order valence-corrected chi connectivity index (χ4v) is 8.89. The van der Waals surface area contributed by atoms with Gasteiger partial charge in [0.05, 0.1) is 11.6 Å². The number of carbonyl (C=O) groups is 3. The van der Waals surface area contributed by atoms with E-state index < -0.39 is 17.0 Å². The second-order valence-corrected chi connectivity index (χ2v) is 11.7. The number of carboxylic acid groups (broad SMARTS) is 1. The SMILES string of the molecule is CC[C@]1(N(C(=O)O)[C@@H](C)c2ccccc2)CCC2C3CC(=O)C4=CC(=O)C=C[C@]4(C)C3CC[C@@]21C. The molecule has 0 aliphatic heterocycles. The van der Waals surface area contributed by atoms with Gasteiger partial charge in [-0.15, -0.1) is 0 Å². The van der Waals surface area contributed by atoms with Crippen LogP contribution in [0, 0.1) is 28.6 Å². The Morgan fingerprint density at radius 1 is 1.11 bits per heavy atom. The summed E-state index contributed by atoms with van der Waals surface area (Å²) in [5, 5.41) is 10.6. The monoisotopic (exact) mass is 475 g/mol. The maximum absolute atomic E-state index is 13.3. The molecule has 1 aromatic rings. The highest BCUT2D eigenvalue weighted by Crippen LogP contribution is 2.68. The molecular weight excluding hydrogens is 438 g/mol. The van der Waals surface area contributed by atoms with Crippen LogP contribution < -0.4 is 0 Å². The molecular formula is C30H37NO4. The van der Waals surface area contributed by atoms with Crippen LogP contribution in [0.15, 0.2) is 54.1 Å². The lowest BCUT2D eigenvalue weighted by molar-refractivity contribution is -0.131. The summed E-state index contributed by atoms with van der Waals surface area (Å²) in [6, 6.07) is 9.67. The van der Waals surface area contributed by atoms with Gasteiger partial charge in [-0.1, -0.05) is 57.2 Å². The Morgan fingerprint density at radius 2 is 1.80 bits per heavy atom. The van der Waals surface area contributed by atoms with Crippen LogP contribution in [0.3, 0.4) is 0 Å². The van der Waals surface area contributed by atoms with Crippen molar-refractivity contribution in [3.63, 3.8) is 0 Å². The molecule has 186 valence electrons. The Bertz CT molecular complexity index is 1120. The summed E-state index contributed by atoms with van der Waals surface area (Å²) in [6.07, 6.45) is 9.14. The average molecular weight is 476 g/mol. The zero-order valence-electron chi connectivity index (χ0n) is 21.3. The lowest BCUT2D eigenvalue weighted by Crippen LogP contribution is -2.63. The van der Waals surface area contributed by atoms with Gasteiger partial charge in [0.15, 0.2) is 11.6 Å². The summed E-state index contributed by atoms with van der Waals surface area (Å²) in [5.74, 6) is 0.781. The number of fused-ring (bicyclic) bond motifs is 5. The third-order valence-electron chi connectivity index (χ3n) is 10.6. The number of carbonyl (C=O) groups excluding carboxylic acids is 2. The Labute approximate surface area is 208 Å². The number of Topliss-reactive ketones (excluding diaryl/α,β-unsaturated/α-hetero) is 1. The molecule has 5 nitrogen and oxygen atoms in total. The van der Waals surface area contributed by atoms with E-state index in [0.717, 1.165) is 37.7 Å². The van der Waals surface area contributed by atoms with E-state index in [4.69, 9.17) is 0 Å². The van der Waals surface area contributed by atoms with Crippen molar-refractivity contribution in [3.8, 4) is 0 Å². The summed E-state index contributed by atoms with van der Waals surface area (Å²) in [7, 11) is 0. The van der Waals surface area contributed by atoms with E-state index in [-0.39, 0.29) is 34.9 Å². The predicted octanol–water partition coefficient (Wildman–Crippen LogP) is 6.36. The molecule has 5 rings (SSSR count). The number of ketones is 2. The third kappa shape index (κ3) is 3.23. The Morgan fingerprint density at radius 3 is 2.46 bits per heavy atom. The van der Waals surface area contributed by atoms with E-state index in [1.54, 1.807) is 17.1 Å². The van der Waals surface area contributed by atoms with E-state index in [1.807, 2.05) is 43.3 Å². The van der Waals surface area contributed by atoms with E-state index in [9.17, 15) is 19.5 Å². The Hall–Kier alpha value is -2.69. The summed E-state index contributed by atoms with van der Waals surface area (Å²) in [5.41, 5.74) is 0.588. The molecule has 1 amide bonds. The molecule has 0 bridgehead atoms. The molecule has 3 saturated carbocycles. The first kappa shape index (κ1) is 24.0.